The van der Waals surface area contributed by atoms with Crippen LogP contribution in [0.2, 0.25) is 0 Å². The van der Waals surface area contributed by atoms with Crippen molar-refractivity contribution >= 4 is 44.3 Å². The second-order valence-corrected chi connectivity index (χ2v) is 9.76. The Kier molecular flexibility index (Phi) is 5.71. The quantitative estimate of drug-likeness (QED) is 0.258. The number of nitrogens with zero attached hydrogens (tertiary/aromatic N) is 2. The van der Waals surface area contributed by atoms with Crippen molar-refractivity contribution in [3.63, 3.8) is 0 Å². The third-order valence-corrected chi connectivity index (χ3v) is 7.22. The van der Waals surface area contributed by atoms with E-state index in [1.807, 2.05) is 127 Å². The number of nitrogens with one attached hydrogen (secondary N) is 2. The summed E-state index contributed by atoms with van der Waals surface area (Å²) in [6.45, 7) is 0. The van der Waals surface area contributed by atoms with Crippen LogP contribution in [0.3, 0.4) is 0 Å². The number of anilines is 1. The predicted molar refractivity (Wildman–Crippen MR) is 160 cm³/mol. The van der Waals surface area contributed by atoms with Gasteiger partial charge in [0.2, 0.25) is 0 Å². The maximum absolute atomic E-state index is 14.3. The Labute approximate surface area is 229 Å². The SMILES string of the molecule is O=C(Nc1ccc2ccccc2c1)C(c1ccccc1)n1c(=O)c(-c2cc3ccccc3[nH]2)nc2ccccc21. The molecule has 1 atom stereocenters. The van der Waals surface area contributed by atoms with E-state index in [2.05, 4.69) is 10.3 Å². The van der Waals surface area contributed by atoms with Gasteiger partial charge in [-0.05, 0) is 52.7 Å². The van der Waals surface area contributed by atoms with Crippen LogP contribution in [0, 0.1) is 0 Å². The second kappa shape index (κ2) is 9.67. The molecular formula is C34H24N4O2. The van der Waals surface area contributed by atoms with Crippen molar-refractivity contribution in [2.45, 2.75) is 6.04 Å². The number of hydrogen-bond donors (Lipinski definition) is 2. The first kappa shape index (κ1) is 23.6. The van der Waals surface area contributed by atoms with E-state index in [-0.39, 0.29) is 17.2 Å². The number of aromatic nitrogens is 3. The van der Waals surface area contributed by atoms with Gasteiger partial charge in [-0.25, -0.2) is 4.98 Å². The molecule has 0 aliphatic carbocycles. The molecule has 0 fully saturated rings. The highest BCUT2D eigenvalue weighted by atomic mass is 16.2. The van der Waals surface area contributed by atoms with Gasteiger partial charge in [-0.3, -0.25) is 14.2 Å². The molecule has 2 N–H and O–H groups in total. The number of carbonyl (C=O) groups excluding carboxylic acids is 1. The maximum atomic E-state index is 14.3. The zero-order chi connectivity index (χ0) is 27.1. The van der Waals surface area contributed by atoms with E-state index in [1.54, 1.807) is 4.57 Å². The zero-order valence-corrected chi connectivity index (χ0v) is 21.4. The van der Waals surface area contributed by atoms with Crippen molar-refractivity contribution < 1.29 is 4.79 Å². The fraction of sp³-hybridized carbons (Fsp3) is 0.0294. The molecule has 5 aromatic carbocycles. The van der Waals surface area contributed by atoms with Gasteiger partial charge < -0.3 is 10.3 Å². The molecule has 0 aliphatic heterocycles. The van der Waals surface area contributed by atoms with Crippen molar-refractivity contribution in [1.82, 2.24) is 14.5 Å². The normalized spacial score (nSPS) is 12.1. The van der Waals surface area contributed by atoms with E-state index in [0.29, 0.717) is 28.0 Å². The van der Waals surface area contributed by atoms with Gasteiger partial charge in [0.15, 0.2) is 5.69 Å². The molecule has 6 nitrogen and oxygen atoms in total. The molecule has 0 saturated heterocycles. The van der Waals surface area contributed by atoms with Crippen LogP contribution < -0.4 is 10.9 Å². The lowest BCUT2D eigenvalue weighted by Gasteiger charge is -2.22. The molecule has 7 aromatic rings. The van der Waals surface area contributed by atoms with Crippen LogP contribution >= 0.6 is 0 Å². The largest absolute Gasteiger partial charge is 0.353 e. The molecule has 2 heterocycles. The number of para-hydroxylation sites is 3. The second-order valence-electron chi connectivity index (χ2n) is 9.76. The van der Waals surface area contributed by atoms with E-state index in [9.17, 15) is 9.59 Å². The highest BCUT2D eigenvalue weighted by Gasteiger charge is 2.28. The summed E-state index contributed by atoms with van der Waals surface area (Å²) in [4.78, 5) is 36.5. The van der Waals surface area contributed by atoms with Crippen LogP contribution in [0.5, 0.6) is 0 Å². The number of rotatable bonds is 5. The Morgan fingerprint density at radius 1 is 0.725 bits per heavy atom. The summed E-state index contributed by atoms with van der Waals surface area (Å²) >= 11 is 0. The standard InChI is InChI=1S/C34H24N4O2/c39-33(35-26-19-18-22-10-4-5-13-24(22)20-26)32(23-11-2-1-3-12-23)38-30-17-9-8-16-28(30)37-31(34(38)40)29-21-25-14-6-7-15-27(25)36-29/h1-21,32,36H,(H,35,39). The van der Waals surface area contributed by atoms with Crippen LogP contribution in [0.15, 0.2) is 132 Å². The average Bonchev–Trinajstić information content (AvgIpc) is 3.43. The van der Waals surface area contributed by atoms with Gasteiger partial charge in [0.1, 0.15) is 6.04 Å². The topological polar surface area (TPSA) is 79.8 Å². The minimum atomic E-state index is -0.934. The first-order chi connectivity index (χ1) is 19.7. The smallest absolute Gasteiger partial charge is 0.280 e. The van der Waals surface area contributed by atoms with E-state index >= 15 is 0 Å². The fourth-order valence-electron chi connectivity index (χ4n) is 5.32. The van der Waals surface area contributed by atoms with Gasteiger partial charge >= 0.3 is 0 Å². The Morgan fingerprint density at radius 3 is 2.25 bits per heavy atom. The third-order valence-electron chi connectivity index (χ3n) is 7.22. The molecular weight excluding hydrogens is 496 g/mol. The Hall–Kier alpha value is -5.49. The number of benzene rings is 5. The van der Waals surface area contributed by atoms with Gasteiger partial charge in [-0.1, -0.05) is 91.0 Å². The summed E-state index contributed by atoms with van der Waals surface area (Å²) in [5.41, 5.74) is 3.97. The molecule has 7 rings (SSSR count). The molecule has 0 saturated carbocycles. The molecule has 192 valence electrons. The predicted octanol–water partition coefficient (Wildman–Crippen LogP) is 6.93. The molecule has 2 aromatic heterocycles. The monoisotopic (exact) mass is 520 g/mol. The molecule has 1 amide bonds. The average molecular weight is 521 g/mol. The van der Waals surface area contributed by atoms with Crippen LogP contribution in [-0.4, -0.2) is 20.4 Å². The minimum absolute atomic E-state index is 0.259. The minimum Gasteiger partial charge on any atom is -0.353 e. The van der Waals surface area contributed by atoms with E-state index < -0.39 is 6.04 Å². The number of hydrogen-bond acceptors (Lipinski definition) is 3. The van der Waals surface area contributed by atoms with E-state index in [0.717, 1.165) is 21.7 Å². The van der Waals surface area contributed by atoms with Crippen molar-refractivity contribution in [3.8, 4) is 11.4 Å². The number of fused-ring (bicyclic) bond motifs is 3. The fourth-order valence-corrected chi connectivity index (χ4v) is 5.32. The Balaban J connectivity index is 1.42. The lowest BCUT2D eigenvalue weighted by Crippen LogP contribution is -2.35. The molecule has 0 bridgehead atoms. The molecule has 6 heteroatoms. The van der Waals surface area contributed by atoms with E-state index in [1.165, 1.54) is 0 Å². The van der Waals surface area contributed by atoms with Crippen LogP contribution in [0.25, 0.3) is 44.1 Å². The molecule has 0 spiro atoms. The van der Waals surface area contributed by atoms with Gasteiger partial charge in [0.05, 0.1) is 16.7 Å². The first-order valence-corrected chi connectivity index (χ1v) is 13.1. The van der Waals surface area contributed by atoms with Crippen molar-refractivity contribution in [3.05, 3.63) is 143 Å². The van der Waals surface area contributed by atoms with Crippen molar-refractivity contribution in [1.29, 1.82) is 0 Å². The highest BCUT2D eigenvalue weighted by Crippen LogP contribution is 2.28. The van der Waals surface area contributed by atoms with Crippen LogP contribution in [0.1, 0.15) is 11.6 Å². The first-order valence-electron chi connectivity index (χ1n) is 13.1. The lowest BCUT2D eigenvalue weighted by atomic mass is 10.0. The van der Waals surface area contributed by atoms with Crippen molar-refractivity contribution in [2.75, 3.05) is 5.32 Å². The summed E-state index contributed by atoms with van der Waals surface area (Å²) < 4.78 is 1.56. The van der Waals surface area contributed by atoms with Crippen LogP contribution in [0.4, 0.5) is 5.69 Å². The van der Waals surface area contributed by atoms with Gasteiger partial charge in [-0.15, -0.1) is 0 Å². The number of amides is 1. The number of H-pyrrole nitrogens is 1. The van der Waals surface area contributed by atoms with Gasteiger partial charge in [-0.2, -0.15) is 0 Å². The summed E-state index contributed by atoms with van der Waals surface area (Å²) in [7, 11) is 0. The molecule has 0 aliphatic rings. The molecule has 40 heavy (non-hydrogen) atoms. The van der Waals surface area contributed by atoms with Crippen LogP contribution in [-0.2, 0) is 4.79 Å². The summed E-state index contributed by atoms with van der Waals surface area (Å²) in [5.74, 6) is -0.317. The Bertz CT molecular complexity index is 2060. The Morgan fingerprint density at radius 2 is 1.43 bits per heavy atom. The summed E-state index contributed by atoms with van der Waals surface area (Å²) in [6, 6.07) is 39.4. The van der Waals surface area contributed by atoms with Gasteiger partial charge in [0, 0.05) is 16.6 Å². The number of aromatic amines is 1. The molecule has 1 unspecified atom stereocenters. The van der Waals surface area contributed by atoms with Crippen molar-refractivity contribution in [2.24, 2.45) is 0 Å². The molecule has 0 radical (unpaired) electrons. The summed E-state index contributed by atoms with van der Waals surface area (Å²) in [5, 5.41) is 6.16. The van der Waals surface area contributed by atoms with Gasteiger partial charge in [0.25, 0.3) is 11.5 Å². The zero-order valence-electron chi connectivity index (χ0n) is 21.4. The third kappa shape index (κ3) is 4.12. The highest BCUT2D eigenvalue weighted by molar-refractivity contribution is 5.99. The van der Waals surface area contributed by atoms with E-state index in [4.69, 9.17) is 4.98 Å². The maximum Gasteiger partial charge on any atom is 0.280 e. The number of carbonyl (C=O) groups is 1. The lowest BCUT2D eigenvalue weighted by molar-refractivity contribution is -0.118. The summed E-state index contributed by atoms with van der Waals surface area (Å²) in [6.07, 6.45) is 0.